The molecule has 0 fully saturated rings. The summed E-state index contributed by atoms with van der Waals surface area (Å²) >= 11 is 3.36. The topological polar surface area (TPSA) is 47.6 Å². The molecule has 1 amide bonds. The monoisotopic (exact) mass is 335 g/mol. The fourth-order valence-corrected chi connectivity index (χ4v) is 2.23. The number of ether oxygens (including phenoxy) is 2. The number of benzene rings is 2. The zero-order chi connectivity index (χ0) is 14.5. The van der Waals surface area contributed by atoms with E-state index in [2.05, 4.69) is 21.2 Å². The lowest BCUT2D eigenvalue weighted by atomic mass is 10.1. The zero-order valence-corrected chi connectivity index (χ0v) is 12.7. The van der Waals surface area contributed by atoms with Crippen LogP contribution >= 0.6 is 15.9 Å². The first-order valence-corrected chi connectivity index (χ1v) is 6.73. The summed E-state index contributed by atoms with van der Waals surface area (Å²) in [5.74, 6) is 0.690. The van der Waals surface area contributed by atoms with Gasteiger partial charge in [-0.05, 0) is 30.3 Å². The van der Waals surface area contributed by atoms with Crippen molar-refractivity contribution in [1.29, 1.82) is 0 Å². The smallest absolute Gasteiger partial charge is 0.259 e. The van der Waals surface area contributed by atoms with Crippen LogP contribution in [0.5, 0.6) is 11.5 Å². The van der Waals surface area contributed by atoms with E-state index in [9.17, 15) is 4.79 Å². The van der Waals surface area contributed by atoms with Crippen molar-refractivity contribution in [2.24, 2.45) is 0 Å². The van der Waals surface area contributed by atoms with Crippen LogP contribution in [0, 0.1) is 0 Å². The summed E-state index contributed by atoms with van der Waals surface area (Å²) in [6, 6.07) is 12.6. The van der Waals surface area contributed by atoms with Gasteiger partial charge < -0.3 is 14.8 Å². The standard InChI is InChI=1S/C15H14BrNO3/c1-19-13-8-4-7-12(14(13)20-2)15(18)17-11-6-3-5-10(16)9-11/h3-9H,1-2H3,(H,17,18). The second kappa shape index (κ2) is 6.43. The third-order valence-electron chi connectivity index (χ3n) is 2.73. The molecule has 1 N–H and O–H groups in total. The molecule has 0 spiro atoms. The van der Waals surface area contributed by atoms with Crippen LogP contribution in [0.4, 0.5) is 5.69 Å². The van der Waals surface area contributed by atoms with E-state index in [1.165, 1.54) is 14.2 Å². The van der Waals surface area contributed by atoms with Gasteiger partial charge in [-0.3, -0.25) is 4.79 Å². The van der Waals surface area contributed by atoms with Gasteiger partial charge in [-0.25, -0.2) is 0 Å². The van der Waals surface area contributed by atoms with Crippen LogP contribution in [-0.4, -0.2) is 20.1 Å². The van der Waals surface area contributed by atoms with Crippen molar-refractivity contribution in [3.05, 3.63) is 52.5 Å². The quantitative estimate of drug-likeness (QED) is 0.926. The molecule has 2 rings (SSSR count). The van der Waals surface area contributed by atoms with Gasteiger partial charge >= 0.3 is 0 Å². The molecule has 0 atom stereocenters. The Morgan fingerprint density at radius 3 is 2.50 bits per heavy atom. The van der Waals surface area contributed by atoms with E-state index < -0.39 is 0 Å². The van der Waals surface area contributed by atoms with Crippen molar-refractivity contribution in [3.63, 3.8) is 0 Å². The maximum atomic E-state index is 12.3. The summed E-state index contributed by atoms with van der Waals surface area (Å²) in [7, 11) is 3.04. The Kier molecular flexibility index (Phi) is 4.63. The summed E-state index contributed by atoms with van der Waals surface area (Å²) in [6.45, 7) is 0. The Morgan fingerprint density at radius 1 is 1.10 bits per heavy atom. The summed E-state index contributed by atoms with van der Waals surface area (Å²) in [5, 5.41) is 2.82. The highest BCUT2D eigenvalue weighted by Gasteiger charge is 2.16. The Balaban J connectivity index is 2.30. The lowest BCUT2D eigenvalue weighted by Crippen LogP contribution is -2.13. The third kappa shape index (κ3) is 3.11. The van der Waals surface area contributed by atoms with E-state index in [4.69, 9.17) is 9.47 Å². The molecule has 0 saturated heterocycles. The summed E-state index contributed by atoms with van der Waals surface area (Å²) in [5.41, 5.74) is 1.13. The van der Waals surface area contributed by atoms with E-state index in [-0.39, 0.29) is 5.91 Å². The predicted octanol–water partition coefficient (Wildman–Crippen LogP) is 3.72. The van der Waals surface area contributed by atoms with Crippen molar-refractivity contribution >= 4 is 27.5 Å². The van der Waals surface area contributed by atoms with Gasteiger partial charge in [0.15, 0.2) is 11.5 Å². The summed E-state index contributed by atoms with van der Waals surface area (Å²) in [6.07, 6.45) is 0. The molecule has 0 aliphatic heterocycles. The van der Waals surface area contributed by atoms with Crippen LogP contribution in [0.2, 0.25) is 0 Å². The number of para-hydroxylation sites is 1. The van der Waals surface area contributed by atoms with Crippen molar-refractivity contribution in [1.82, 2.24) is 0 Å². The lowest BCUT2D eigenvalue weighted by molar-refractivity contribution is 0.102. The van der Waals surface area contributed by atoms with Gasteiger partial charge in [0, 0.05) is 10.2 Å². The average molecular weight is 336 g/mol. The van der Waals surface area contributed by atoms with Gasteiger partial charge in [-0.15, -0.1) is 0 Å². The number of carbonyl (C=O) groups is 1. The third-order valence-corrected chi connectivity index (χ3v) is 3.22. The molecular weight excluding hydrogens is 322 g/mol. The van der Waals surface area contributed by atoms with E-state index in [1.807, 2.05) is 24.3 Å². The molecule has 0 saturated carbocycles. The SMILES string of the molecule is COc1cccc(C(=O)Nc2cccc(Br)c2)c1OC. The second-order valence-electron chi connectivity index (χ2n) is 4.01. The number of nitrogens with one attached hydrogen (secondary N) is 1. The van der Waals surface area contributed by atoms with Crippen LogP contribution in [0.25, 0.3) is 0 Å². The van der Waals surface area contributed by atoms with E-state index >= 15 is 0 Å². The van der Waals surface area contributed by atoms with Crippen molar-refractivity contribution < 1.29 is 14.3 Å². The lowest BCUT2D eigenvalue weighted by Gasteiger charge is -2.12. The molecule has 104 valence electrons. The number of hydrogen-bond donors (Lipinski definition) is 1. The normalized spacial score (nSPS) is 9.95. The molecule has 0 unspecified atom stereocenters. The first-order valence-electron chi connectivity index (χ1n) is 5.93. The molecule has 0 aliphatic carbocycles. The molecular formula is C15H14BrNO3. The van der Waals surface area contributed by atoms with Gasteiger partial charge in [0.2, 0.25) is 0 Å². The molecule has 0 heterocycles. The molecule has 2 aromatic carbocycles. The van der Waals surface area contributed by atoms with Gasteiger partial charge in [-0.2, -0.15) is 0 Å². The summed E-state index contributed by atoms with van der Waals surface area (Å²) in [4.78, 5) is 12.3. The number of hydrogen-bond acceptors (Lipinski definition) is 3. The minimum absolute atomic E-state index is 0.251. The number of anilines is 1. The highest BCUT2D eigenvalue weighted by Crippen LogP contribution is 2.31. The Morgan fingerprint density at radius 2 is 1.85 bits per heavy atom. The van der Waals surface area contributed by atoms with Crippen LogP contribution in [-0.2, 0) is 0 Å². The first kappa shape index (κ1) is 14.4. The molecule has 20 heavy (non-hydrogen) atoms. The molecule has 0 aliphatic rings. The maximum Gasteiger partial charge on any atom is 0.259 e. The summed E-state index contributed by atoms with van der Waals surface area (Å²) < 4.78 is 11.3. The number of amides is 1. The molecule has 5 heteroatoms. The highest BCUT2D eigenvalue weighted by molar-refractivity contribution is 9.10. The maximum absolute atomic E-state index is 12.3. The minimum atomic E-state index is -0.251. The first-order chi connectivity index (χ1) is 9.65. The van der Waals surface area contributed by atoms with Crippen LogP contribution in [0.3, 0.4) is 0 Å². The molecule has 0 bridgehead atoms. The number of rotatable bonds is 4. The van der Waals surface area contributed by atoms with Gasteiger partial charge in [0.05, 0.1) is 19.8 Å². The molecule has 0 radical (unpaired) electrons. The fraction of sp³-hybridized carbons (Fsp3) is 0.133. The Bertz CT molecular complexity index is 628. The van der Waals surface area contributed by atoms with Gasteiger partial charge in [0.1, 0.15) is 0 Å². The van der Waals surface area contributed by atoms with Gasteiger partial charge in [-0.1, -0.05) is 28.1 Å². The Hall–Kier alpha value is -2.01. The second-order valence-corrected chi connectivity index (χ2v) is 4.92. The van der Waals surface area contributed by atoms with Crippen LogP contribution in [0.1, 0.15) is 10.4 Å². The van der Waals surface area contributed by atoms with Crippen LogP contribution < -0.4 is 14.8 Å². The average Bonchev–Trinajstić information content (AvgIpc) is 2.46. The van der Waals surface area contributed by atoms with Crippen molar-refractivity contribution in [2.45, 2.75) is 0 Å². The zero-order valence-electron chi connectivity index (χ0n) is 11.1. The highest BCUT2D eigenvalue weighted by atomic mass is 79.9. The Labute approximate surface area is 125 Å². The largest absolute Gasteiger partial charge is 0.493 e. The minimum Gasteiger partial charge on any atom is -0.493 e. The van der Waals surface area contributed by atoms with E-state index in [0.717, 1.165) is 4.47 Å². The van der Waals surface area contributed by atoms with Gasteiger partial charge in [0.25, 0.3) is 5.91 Å². The van der Waals surface area contributed by atoms with Crippen molar-refractivity contribution in [3.8, 4) is 11.5 Å². The fourth-order valence-electron chi connectivity index (χ4n) is 1.83. The molecule has 2 aromatic rings. The predicted molar refractivity (Wildman–Crippen MR) is 81.6 cm³/mol. The van der Waals surface area contributed by atoms with E-state index in [0.29, 0.717) is 22.7 Å². The van der Waals surface area contributed by atoms with Crippen molar-refractivity contribution in [2.75, 3.05) is 19.5 Å². The number of methoxy groups -OCH3 is 2. The molecule has 4 nitrogen and oxygen atoms in total. The molecule has 0 aromatic heterocycles. The van der Waals surface area contributed by atoms with E-state index in [1.54, 1.807) is 18.2 Å². The number of halogens is 1. The van der Waals surface area contributed by atoms with Crippen LogP contribution in [0.15, 0.2) is 46.9 Å². The number of carbonyl (C=O) groups excluding carboxylic acids is 1.